The molecule has 0 N–H and O–H groups in total. The molecular weight excluding hydrogens is 581 g/mol. The number of halogens is 2. The Labute approximate surface area is 240 Å². The van der Waals surface area contributed by atoms with Crippen molar-refractivity contribution in [3.63, 3.8) is 0 Å². The van der Waals surface area contributed by atoms with Gasteiger partial charge >= 0.3 is 5.97 Å². The van der Waals surface area contributed by atoms with Gasteiger partial charge in [0.25, 0.3) is 11.2 Å². The molecule has 0 aliphatic carbocycles. The molecule has 0 saturated carbocycles. The number of rotatable bonds is 6. The van der Waals surface area contributed by atoms with Crippen LogP contribution in [0.15, 0.2) is 74.0 Å². The molecule has 204 valence electrons. The summed E-state index contributed by atoms with van der Waals surface area (Å²) in [5.41, 5.74) is 0.797. The molecule has 5 rings (SSSR count). The van der Waals surface area contributed by atoms with Crippen molar-refractivity contribution in [1.82, 2.24) is 4.57 Å². The second-order valence-corrected chi connectivity index (χ2v) is 10.4. The first kappa shape index (κ1) is 27.4. The summed E-state index contributed by atoms with van der Waals surface area (Å²) in [6.45, 7) is 1.66. The fourth-order valence-electron chi connectivity index (χ4n) is 4.43. The van der Waals surface area contributed by atoms with Crippen molar-refractivity contribution >= 4 is 52.3 Å². The SMILES string of the molecule is COC(=O)C1=C(C)N=c2s/c(=C\c3ccc(-c4cc([N+](=O)[O-])ccc4Cl)o3)c(=O)n2[C@@H]1c1cc(Cl)ccc1OC. The average Bonchev–Trinajstić information content (AvgIpc) is 3.51. The van der Waals surface area contributed by atoms with E-state index in [9.17, 15) is 19.7 Å². The van der Waals surface area contributed by atoms with E-state index in [1.165, 1.54) is 43.1 Å². The third-order valence-corrected chi connectivity index (χ3v) is 7.79. The Kier molecular flexibility index (Phi) is 7.37. The number of furan rings is 1. The molecule has 2 aromatic carbocycles. The summed E-state index contributed by atoms with van der Waals surface area (Å²) in [5, 5.41) is 11.9. The maximum atomic E-state index is 13.8. The molecule has 1 aliphatic heterocycles. The number of allylic oxidation sites excluding steroid dienone is 1. The van der Waals surface area contributed by atoms with Crippen molar-refractivity contribution in [3.8, 4) is 17.1 Å². The molecule has 1 aliphatic rings. The van der Waals surface area contributed by atoms with E-state index in [0.717, 1.165) is 11.3 Å². The van der Waals surface area contributed by atoms with Crippen LogP contribution in [0.1, 0.15) is 24.3 Å². The maximum absolute atomic E-state index is 13.8. The molecule has 0 unspecified atom stereocenters. The van der Waals surface area contributed by atoms with E-state index in [-0.39, 0.29) is 26.6 Å². The summed E-state index contributed by atoms with van der Waals surface area (Å²) in [5.74, 6) is 0.373. The van der Waals surface area contributed by atoms with E-state index in [2.05, 4.69) is 4.99 Å². The van der Waals surface area contributed by atoms with Crippen LogP contribution in [0.25, 0.3) is 17.4 Å². The topological polar surface area (TPSA) is 126 Å². The van der Waals surface area contributed by atoms with Gasteiger partial charge in [0.2, 0.25) is 0 Å². The average molecular weight is 600 g/mol. The third-order valence-electron chi connectivity index (χ3n) is 6.24. The predicted molar refractivity (Wildman–Crippen MR) is 150 cm³/mol. The number of hydrogen-bond acceptors (Lipinski definition) is 9. The van der Waals surface area contributed by atoms with Crippen LogP contribution in [0.4, 0.5) is 5.69 Å². The number of non-ortho nitro benzene ring substituents is 1. The van der Waals surface area contributed by atoms with E-state index in [0.29, 0.717) is 38.2 Å². The summed E-state index contributed by atoms with van der Waals surface area (Å²) < 4.78 is 18.1. The zero-order chi connectivity index (χ0) is 28.7. The lowest BCUT2D eigenvalue weighted by molar-refractivity contribution is -0.384. The molecule has 0 fully saturated rings. The van der Waals surface area contributed by atoms with Crippen LogP contribution in [0.3, 0.4) is 0 Å². The molecule has 1 atom stereocenters. The number of methoxy groups -OCH3 is 2. The zero-order valence-corrected chi connectivity index (χ0v) is 23.5. The molecule has 0 bridgehead atoms. The Morgan fingerprint density at radius 3 is 2.65 bits per heavy atom. The lowest BCUT2D eigenvalue weighted by Gasteiger charge is -2.25. The number of carbonyl (C=O) groups is 1. The zero-order valence-electron chi connectivity index (χ0n) is 21.1. The largest absolute Gasteiger partial charge is 0.496 e. The molecule has 10 nitrogen and oxygen atoms in total. The second-order valence-electron chi connectivity index (χ2n) is 8.58. The Hall–Kier alpha value is -4.19. The van der Waals surface area contributed by atoms with Crippen LogP contribution in [-0.2, 0) is 9.53 Å². The number of aromatic nitrogens is 1. The Bertz CT molecular complexity index is 1910. The van der Waals surface area contributed by atoms with E-state index in [4.69, 9.17) is 37.1 Å². The summed E-state index contributed by atoms with van der Waals surface area (Å²) in [7, 11) is 2.73. The number of thiazole rings is 1. The summed E-state index contributed by atoms with van der Waals surface area (Å²) in [4.78, 5) is 42.2. The highest BCUT2D eigenvalue weighted by atomic mass is 35.5. The van der Waals surface area contributed by atoms with Crippen LogP contribution >= 0.6 is 34.5 Å². The smallest absolute Gasteiger partial charge is 0.338 e. The van der Waals surface area contributed by atoms with Crippen molar-refractivity contribution in [2.24, 2.45) is 4.99 Å². The van der Waals surface area contributed by atoms with Gasteiger partial charge in [-0.15, -0.1) is 0 Å². The van der Waals surface area contributed by atoms with Gasteiger partial charge in [0, 0.05) is 34.4 Å². The number of carbonyl (C=O) groups excluding carboxylic acids is 1. The number of benzene rings is 2. The predicted octanol–water partition coefficient (Wildman–Crippen LogP) is 4.89. The first-order valence-corrected chi connectivity index (χ1v) is 13.2. The summed E-state index contributed by atoms with van der Waals surface area (Å²) in [6.07, 6.45) is 1.53. The summed E-state index contributed by atoms with van der Waals surface area (Å²) >= 11 is 13.7. The van der Waals surface area contributed by atoms with Gasteiger partial charge in [-0.05, 0) is 43.3 Å². The minimum Gasteiger partial charge on any atom is -0.496 e. The van der Waals surface area contributed by atoms with Crippen molar-refractivity contribution in [1.29, 1.82) is 0 Å². The van der Waals surface area contributed by atoms with E-state index >= 15 is 0 Å². The maximum Gasteiger partial charge on any atom is 0.338 e. The molecule has 13 heteroatoms. The first-order chi connectivity index (χ1) is 19.1. The third kappa shape index (κ3) is 4.83. The Morgan fingerprint density at radius 1 is 1.18 bits per heavy atom. The molecular formula is C27H19Cl2N3O7S. The number of nitro groups is 1. The molecule has 4 aromatic rings. The Morgan fingerprint density at radius 2 is 1.95 bits per heavy atom. The number of fused-ring (bicyclic) bond motifs is 1. The second kappa shape index (κ2) is 10.8. The lowest BCUT2D eigenvalue weighted by atomic mass is 9.95. The molecule has 0 amide bonds. The van der Waals surface area contributed by atoms with Crippen molar-refractivity contribution in [2.75, 3.05) is 14.2 Å². The molecule has 2 aromatic heterocycles. The van der Waals surface area contributed by atoms with Crippen molar-refractivity contribution < 1.29 is 23.6 Å². The van der Waals surface area contributed by atoms with Crippen LogP contribution in [0.2, 0.25) is 10.0 Å². The van der Waals surface area contributed by atoms with Gasteiger partial charge in [-0.3, -0.25) is 19.5 Å². The van der Waals surface area contributed by atoms with Gasteiger partial charge in [-0.25, -0.2) is 9.79 Å². The standard InChI is InChI=1S/C27H19Cl2N3O7S/c1-13-23(26(34)38-3)24(18-10-14(28)4-8-20(18)37-2)31-25(33)22(40-27(31)30-13)12-16-6-9-21(39-16)17-11-15(32(35)36)5-7-19(17)29/h4-12,24H,1-3H3/b22-12-/t24-/m1/s1. The molecule has 0 radical (unpaired) electrons. The van der Waals surface area contributed by atoms with Crippen LogP contribution < -0.4 is 19.6 Å². The fourth-order valence-corrected chi connectivity index (χ4v) is 5.84. The van der Waals surface area contributed by atoms with E-state index < -0.39 is 22.5 Å². The Balaban J connectivity index is 1.67. The molecule has 3 heterocycles. The normalized spacial score (nSPS) is 15.0. The van der Waals surface area contributed by atoms with Crippen LogP contribution in [-0.4, -0.2) is 29.7 Å². The van der Waals surface area contributed by atoms with Gasteiger partial charge in [0.05, 0.1) is 40.0 Å². The number of hydrogen-bond donors (Lipinski definition) is 0. The molecule has 0 spiro atoms. The van der Waals surface area contributed by atoms with E-state index in [1.807, 2.05) is 0 Å². The lowest BCUT2D eigenvalue weighted by Crippen LogP contribution is -2.40. The highest BCUT2D eigenvalue weighted by molar-refractivity contribution is 7.07. The first-order valence-electron chi connectivity index (χ1n) is 11.6. The van der Waals surface area contributed by atoms with Gasteiger partial charge < -0.3 is 13.9 Å². The van der Waals surface area contributed by atoms with Crippen LogP contribution in [0, 0.1) is 10.1 Å². The van der Waals surface area contributed by atoms with Crippen molar-refractivity contribution in [2.45, 2.75) is 13.0 Å². The number of nitrogens with zero attached hydrogens (tertiary/aromatic N) is 3. The van der Waals surface area contributed by atoms with Gasteiger partial charge in [-0.2, -0.15) is 0 Å². The van der Waals surface area contributed by atoms with Gasteiger partial charge in [0.1, 0.15) is 23.3 Å². The molecule has 0 saturated heterocycles. The minimum absolute atomic E-state index is 0.140. The highest BCUT2D eigenvalue weighted by Crippen LogP contribution is 2.37. The quantitative estimate of drug-likeness (QED) is 0.175. The number of ether oxygens (including phenoxy) is 2. The fraction of sp³-hybridized carbons (Fsp3) is 0.148. The minimum atomic E-state index is -0.921. The summed E-state index contributed by atoms with van der Waals surface area (Å²) in [6, 6.07) is 11.3. The van der Waals surface area contributed by atoms with Gasteiger partial charge in [0.15, 0.2) is 4.80 Å². The van der Waals surface area contributed by atoms with Gasteiger partial charge in [-0.1, -0.05) is 34.5 Å². The highest BCUT2D eigenvalue weighted by Gasteiger charge is 2.35. The monoisotopic (exact) mass is 599 g/mol. The van der Waals surface area contributed by atoms with E-state index in [1.54, 1.807) is 37.3 Å². The number of esters is 1. The molecule has 40 heavy (non-hydrogen) atoms. The van der Waals surface area contributed by atoms with Crippen LogP contribution in [0.5, 0.6) is 5.75 Å². The number of nitro benzene ring substituents is 1. The van der Waals surface area contributed by atoms with Crippen molar-refractivity contribution in [3.05, 3.63) is 111 Å².